The van der Waals surface area contributed by atoms with E-state index in [-0.39, 0.29) is 23.4 Å². The van der Waals surface area contributed by atoms with Crippen molar-refractivity contribution in [3.63, 3.8) is 0 Å². The number of fused-ring (bicyclic) bond motifs is 1. The standard InChI is InChI=1S/C28H32N6O5S/c1-19-12-17-25(39-19)27(28(36)29-20-8-4-5-9-20)34(21-13-15-22(16-14-21)40(37,38)32(2)3)26(35)18-33-24-11-7-6-10-23(24)30-31-33/h6-7,10-17,20,27H,4-5,8-9,18H2,1-3H3,(H,29,36)/t27-/m1/s1. The van der Waals surface area contributed by atoms with Gasteiger partial charge in [0.05, 0.1) is 10.4 Å². The molecule has 1 atom stereocenters. The number of hydrogen-bond acceptors (Lipinski definition) is 7. The second kappa shape index (κ2) is 11.2. The predicted molar refractivity (Wildman–Crippen MR) is 149 cm³/mol. The van der Waals surface area contributed by atoms with Crippen molar-refractivity contribution in [3.8, 4) is 0 Å². The first-order valence-corrected chi connectivity index (χ1v) is 14.6. The average Bonchev–Trinajstić information content (AvgIpc) is 3.69. The zero-order chi connectivity index (χ0) is 28.4. The van der Waals surface area contributed by atoms with Gasteiger partial charge in [0.25, 0.3) is 5.91 Å². The Balaban J connectivity index is 1.58. The Bertz CT molecular complexity index is 1620. The number of amides is 2. The molecule has 4 aromatic rings. The third kappa shape index (κ3) is 5.50. The number of nitrogens with one attached hydrogen (secondary N) is 1. The van der Waals surface area contributed by atoms with Crippen molar-refractivity contribution in [3.05, 3.63) is 72.2 Å². The molecule has 0 unspecified atom stereocenters. The highest BCUT2D eigenvalue weighted by Gasteiger charge is 2.37. The monoisotopic (exact) mass is 564 g/mol. The van der Waals surface area contributed by atoms with Crippen molar-refractivity contribution >= 4 is 38.6 Å². The quantitative estimate of drug-likeness (QED) is 0.330. The minimum atomic E-state index is -3.70. The summed E-state index contributed by atoms with van der Waals surface area (Å²) in [6.07, 6.45) is 3.79. The first-order valence-electron chi connectivity index (χ1n) is 13.1. The molecular formula is C28H32N6O5S. The van der Waals surface area contributed by atoms with E-state index < -0.39 is 22.0 Å². The maximum atomic E-state index is 14.1. The van der Waals surface area contributed by atoms with Gasteiger partial charge in [-0.1, -0.05) is 30.2 Å². The molecule has 0 bridgehead atoms. The summed E-state index contributed by atoms with van der Waals surface area (Å²) in [6, 6.07) is 15.5. The van der Waals surface area contributed by atoms with E-state index in [9.17, 15) is 18.0 Å². The molecule has 1 saturated carbocycles. The van der Waals surface area contributed by atoms with Crippen LogP contribution in [-0.2, 0) is 26.2 Å². The van der Waals surface area contributed by atoms with Gasteiger partial charge in [0.15, 0.2) is 6.04 Å². The fourth-order valence-electron chi connectivity index (χ4n) is 4.99. The van der Waals surface area contributed by atoms with Gasteiger partial charge in [-0.05, 0) is 68.3 Å². The first-order chi connectivity index (χ1) is 19.1. The molecule has 0 radical (unpaired) electrons. The van der Waals surface area contributed by atoms with Crippen molar-refractivity contribution in [1.82, 2.24) is 24.6 Å². The molecule has 1 aliphatic carbocycles. The molecule has 12 heteroatoms. The van der Waals surface area contributed by atoms with Crippen LogP contribution >= 0.6 is 0 Å². The van der Waals surface area contributed by atoms with Gasteiger partial charge in [0.2, 0.25) is 15.9 Å². The Morgan fingerprint density at radius 1 is 1.05 bits per heavy atom. The molecule has 0 spiro atoms. The van der Waals surface area contributed by atoms with Crippen LogP contribution in [0.4, 0.5) is 5.69 Å². The Hall–Kier alpha value is -4.03. The van der Waals surface area contributed by atoms with Crippen LogP contribution in [0.1, 0.15) is 43.2 Å². The Kier molecular flexibility index (Phi) is 7.72. The van der Waals surface area contributed by atoms with E-state index in [0.29, 0.717) is 28.2 Å². The average molecular weight is 565 g/mol. The van der Waals surface area contributed by atoms with Crippen molar-refractivity contribution in [2.24, 2.45) is 0 Å². The fraction of sp³-hybridized carbons (Fsp3) is 0.357. The molecule has 2 aromatic carbocycles. The largest absolute Gasteiger partial charge is 0.464 e. The number of anilines is 1. The molecule has 1 aliphatic rings. The lowest BCUT2D eigenvalue weighted by atomic mass is 10.1. The number of para-hydroxylation sites is 1. The maximum absolute atomic E-state index is 14.1. The van der Waals surface area contributed by atoms with Gasteiger partial charge in [-0.25, -0.2) is 17.4 Å². The Morgan fingerprint density at radius 2 is 1.75 bits per heavy atom. The number of carbonyl (C=O) groups is 2. The lowest BCUT2D eigenvalue weighted by Gasteiger charge is -2.31. The van der Waals surface area contributed by atoms with Crippen molar-refractivity contribution < 1.29 is 22.4 Å². The summed E-state index contributed by atoms with van der Waals surface area (Å²) in [4.78, 5) is 29.4. The fourth-order valence-corrected chi connectivity index (χ4v) is 5.89. The second-order valence-electron chi connectivity index (χ2n) is 10.1. The number of hydrogen-bond donors (Lipinski definition) is 1. The summed E-state index contributed by atoms with van der Waals surface area (Å²) in [6.45, 7) is 1.56. The summed E-state index contributed by atoms with van der Waals surface area (Å²) < 4.78 is 33.9. The topological polar surface area (TPSA) is 131 Å². The van der Waals surface area contributed by atoms with E-state index in [1.54, 1.807) is 25.1 Å². The van der Waals surface area contributed by atoms with Crippen molar-refractivity contribution in [2.75, 3.05) is 19.0 Å². The Morgan fingerprint density at radius 3 is 2.40 bits per heavy atom. The van der Waals surface area contributed by atoms with Gasteiger partial charge in [0.1, 0.15) is 23.6 Å². The van der Waals surface area contributed by atoms with Gasteiger partial charge in [-0.15, -0.1) is 5.10 Å². The first kappa shape index (κ1) is 27.5. The number of carbonyl (C=O) groups excluding carboxylic acids is 2. The Labute approximate surface area is 232 Å². The number of rotatable bonds is 9. The molecule has 40 heavy (non-hydrogen) atoms. The van der Waals surface area contributed by atoms with Gasteiger partial charge in [-0.3, -0.25) is 14.5 Å². The van der Waals surface area contributed by atoms with Gasteiger partial charge in [0, 0.05) is 25.8 Å². The number of aryl methyl sites for hydroxylation is 1. The molecule has 0 aliphatic heterocycles. The van der Waals surface area contributed by atoms with Crippen LogP contribution in [0.2, 0.25) is 0 Å². The van der Waals surface area contributed by atoms with Crippen LogP contribution in [0.25, 0.3) is 11.0 Å². The summed E-state index contributed by atoms with van der Waals surface area (Å²) in [5.74, 6) is 0.0769. The number of nitrogens with zero attached hydrogens (tertiary/aromatic N) is 5. The van der Waals surface area contributed by atoms with E-state index in [1.807, 2.05) is 18.2 Å². The lowest BCUT2D eigenvalue weighted by Crippen LogP contribution is -2.47. The van der Waals surface area contributed by atoms with Crippen LogP contribution in [0.15, 0.2) is 70.0 Å². The number of furan rings is 1. The summed E-state index contributed by atoms with van der Waals surface area (Å²) in [5.41, 5.74) is 1.65. The van der Waals surface area contributed by atoms with Crippen LogP contribution in [0.5, 0.6) is 0 Å². The van der Waals surface area contributed by atoms with E-state index in [1.165, 1.54) is 47.9 Å². The van der Waals surface area contributed by atoms with Crippen LogP contribution in [-0.4, -0.2) is 59.7 Å². The number of aromatic nitrogens is 3. The minimum Gasteiger partial charge on any atom is -0.464 e. The highest BCUT2D eigenvalue weighted by Crippen LogP contribution is 2.32. The molecule has 2 aromatic heterocycles. The maximum Gasteiger partial charge on any atom is 0.251 e. The van der Waals surface area contributed by atoms with Gasteiger partial charge < -0.3 is 9.73 Å². The van der Waals surface area contributed by atoms with Crippen molar-refractivity contribution in [1.29, 1.82) is 0 Å². The molecule has 2 amide bonds. The molecule has 5 rings (SSSR count). The molecular weight excluding hydrogens is 532 g/mol. The zero-order valence-electron chi connectivity index (χ0n) is 22.6. The number of sulfonamides is 1. The SMILES string of the molecule is Cc1ccc([C@H](C(=O)NC2CCCC2)N(C(=O)Cn2nnc3ccccc32)c2ccc(S(=O)(=O)N(C)C)cc2)o1. The minimum absolute atomic E-state index is 0.00915. The molecule has 1 N–H and O–H groups in total. The summed E-state index contributed by atoms with van der Waals surface area (Å²) in [5, 5.41) is 11.4. The van der Waals surface area contributed by atoms with Gasteiger partial charge >= 0.3 is 0 Å². The second-order valence-corrected chi connectivity index (χ2v) is 12.3. The summed E-state index contributed by atoms with van der Waals surface area (Å²) >= 11 is 0. The van der Waals surface area contributed by atoms with E-state index in [4.69, 9.17) is 4.42 Å². The van der Waals surface area contributed by atoms with Crippen LogP contribution in [0.3, 0.4) is 0 Å². The molecule has 1 fully saturated rings. The van der Waals surface area contributed by atoms with Crippen LogP contribution < -0.4 is 10.2 Å². The highest BCUT2D eigenvalue weighted by atomic mass is 32.2. The third-order valence-electron chi connectivity index (χ3n) is 7.11. The summed E-state index contributed by atoms with van der Waals surface area (Å²) in [7, 11) is -0.799. The normalized spacial score (nSPS) is 15.0. The van der Waals surface area contributed by atoms with Crippen LogP contribution in [0, 0.1) is 6.92 Å². The highest BCUT2D eigenvalue weighted by molar-refractivity contribution is 7.89. The van der Waals surface area contributed by atoms with E-state index in [2.05, 4.69) is 15.6 Å². The van der Waals surface area contributed by atoms with E-state index >= 15 is 0 Å². The van der Waals surface area contributed by atoms with Gasteiger partial charge in [-0.2, -0.15) is 0 Å². The lowest BCUT2D eigenvalue weighted by molar-refractivity contribution is -0.127. The molecule has 0 saturated heterocycles. The predicted octanol–water partition coefficient (Wildman–Crippen LogP) is 3.42. The smallest absolute Gasteiger partial charge is 0.251 e. The molecule has 210 valence electrons. The number of benzene rings is 2. The zero-order valence-corrected chi connectivity index (χ0v) is 23.5. The molecule has 2 heterocycles. The molecule has 11 nitrogen and oxygen atoms in total. The van der Waals surface area contributed by atoms with E-state index in [0.717, 1.165) is 30.0 Å². The third-order valence-corrected chi connectivity index (χ3v) is 8.94. The van der Waals surface area contributed by atoms with Crippen molar-refractivity contribution in [2.45, 2.75) is 56.1 Å².